The highest BCUT2D eigenvalue weighted by Crippen LogP contribution is 2.06. The van der Waals surface area contributed by atoms with Crippen LogP contribution in [0.4, 0.5) is 0 Å². The van der Waals surface area contributed by atoms with Gasteiger partial charge in [-0.25, -0.2) is 0 Å². The summed E-state index contributed by atoms with van der Waals surface area (Å²) in [6, 6.07) is 0. The van der Waals surface area contributed by atoms with E-state index in [9.17, 15) is 0 Å². The third-order valence-corrected chi connectivity index (χ3v) is 2.04. The summed E-state index contributed by atoms with van der Waals surface area (Å²) in [6.45, 7) is 9.33. The second-order valence-electron chi connectivity index (χ2n) is 3.41. The van der Waals surface area contributed by atoms with Gasteiger partial charge in [0.2, 0.25) is 0 Å². The molecule has 0 fully saturated rings. The van der Waals surface area contributed by atoms with E-state index < -0.39 is 0 Å². The summed E-state index contributed by atoms with van der Waals surface area (Å²) in [6.07, 6.45) is 2.99. The van der Waals surface area contributed by atoms with Gasteiger partial charge in [0.05, 0.1) is 5.69 Å². The number of hydrogen-bond donors (Lipinski definition) is 1. The summed E-state index contributed by atoms with van der Waals surface area (Å²) >= 11 is 0. The van der Waals surface area contributed by atoms with E-state index in [1.165, 1.54) is 5.57 Å². The van der Waals surface area contributed by atoms with Crippen LogP contribution in [0.25, 0.3) is 0 Å². The van der Waals surface area contributed by atoms with Gasteiger partial charge in [0.15, 0.2) is 0 Å². The Labute approximate surface area is 79.2 Å². The number of aromatic nitrogens is 2. The highest BCUT2D eigenvalue weighted by Gasteiger charge is 2.01. The normalized spacial score (nSPS) is 10.4. The summed E-state index contributed by atoms with van der Waals surface area (Å²) in [5.41, 5.74) is 8.89. The van der Waals surface area contributed by atoms with E-state index in [1.54, 1.807) is 0 Å². The van der Waals surface area contributed by atoms with Crippen LogP contribution in [-0.2, 0) is 13.1 Å². The van der Waals surface area contributed by atoms with Crippen LogP contribution >= 0.6 is 0 Å². The lowest BCUT2D eigenvalue weighted by molar-refractivity contribution is 0.608. The van der Waals surface area contributed by atoms with E-state index in [0.717, 1.165) is 24.2 Å². The van der Waals surface area contributed by atoms with Gasteiger partial charge in [-0.05, 0) is 20.3 Å². The Hall–Kier alpha value is -1.09. The average Bonchev–Trinajstić information content (AvgIpc) is 2.43. The van der Waals surface area contributed by atoms with Gasteiger partial charge in [0, 0.05) is 24.8 Å². The van der Waals surface area contributed by atoms with Crippen molar-refractivity contribution in [2.45, 2.75) is 33.4 Å². The van der Waals surface area contributed by atoms with Crippen LogP contribution in [0.2, 0.25) is 0 Å². The number of allylic oxidation sites excluding steroid dienone is 1. The van der Waals surface area contributed by atoms with Crippen molar-refractivity contribution < 1.29 is 0 Å². The fourth-order valence-corrected chi connectivity index (χ4v) is 1.18. The largest absolute Gasteiger partial charge is 0.326 e. The molecule has 1 heterocycles. The molecule has 0 radical (unpaired) electrons. The Balaban J connectivity index is 2.62. The van der Waals surface area contributed by atoms with Crippen LogP contribution in [0.5, 0.6) is 0 Å². The molecule has 0 saturated carbocycles. The van der Waals surface area contributed by atoms with Gasteiger partial charge < -0.3 is 5.73 Å². The molecule has 72 valence electrons. The molecule has 0 amide bonds. The van der Waals surface area contributed by atoms with Gasteiger partial charge >= 0.3 is 0 Å². The van der Waals surface area contributed by atoms with Gasteiger partial charge in [0.1, 0.15) is 0 Å². The molecule has 0 aliphatic rings. The topological polar surface area (TPSA) is 43.8 Å². The first kappa shape index (κ1) is 9.99. The highest BCUT2D eigenvalue weighted by atomic mass is 15.3. The molecule has 1 rings (SSSR count). The van der Waals surface area contributed by atoms with Crippen LogP contribution in [0.15, 0.2) is 18.3 Å². The van der Waals surface area contributed by atoms with Gasteiger partial charge in [-0.3, -0.25) is 4.68 Å². The number of nitrogens with two attached hydrogens (primary N) is 1. The Morgan fingerprint density at radius 1 is 1.69 bits per heavy atom. The molecule has 13 heavy (non-hydrogen) atoms. The molecule has 0 spiro atoms. The average molecular weight is 179 g/mol. The third kappa shape index (κ3) is 2.70. The zero-order chi connectivity index (χ0) is 9.84. The monoisotopic (exact) mass is 179 g/mol. The van der Waals surface area contributed by atoms with Gasteiger partial charge in [-0.15, -0.1) is 6.58 Å². The quantitative estimate of drug-likeness (QED) is 0.714. The summed E-state index contributed by atoms with van der Waals surface area (Å²) in [5, 5.41) is 4.35. The fraction of sp³-hybridized carbons (Fsp3) is 0.500. The zero-order valence-electron chi connectivity index (χ0n) is 8.38. The smallest absolute Gasteiger partial charge is 0.0638 e. The summed E-state index contributed by atoms with van der Waals surface area (Å²) in [5.74, 6) is 0. The summed E-state index contributed by atoms with van der Waals surface area (Å²) in [4.78, 5) is 0. The molecule has 2 N–H and O–H groups in total. The Kier molecular flexibility index (Phi) is 3.25. The lowest BCUT2D eigenvalue weighted by atomic mass is 10.2. The minimum Gasteiger partial charge on any atom is -0.326 e. The molecule has 0 aliphatic carbocycles. The molecule has 0 aromatic carbocycles. The molecular weight excluding hydrogens is 162 g/mol. The molecule has 1 aromatic heterocycles. The van der Waals surface area contributed by atoms with Gasteiger partial charge in [-0.1, -0.05) is 5.57 Å². The van der Waals surface area contributed by atoms with E-state index in [1.807, 2.05) is 24.7 Å². The predicted molar refractivity (Wildman–Crippen MR) is 54.3 cm³/mol. The first-order chi connectivity index (χ1) is 6.13. The molecule has 0 bridgehead atoms. The van der Waals surface area contributed by atoms with E-state index in [2.05, 4.69) is 11.7 Å². The molecule has 0 atom stereocenters. The standard InChI is InChI=1S/C10H17N3/c1-8(2)4-5-13-7-10(6-11)9(3)12-13/h7H,1,4-6,11H2,2-3H3. The maximum Gasteiger partial charge on any atom is 0.0638 e. The molecule has 0 saturated heterocycles. The van der Waals surface area contributed by atoms with Gasteiger partial charge in [0.25, 0.3) is 0 Å². The number of rotatable bonds is 4. The first-order valence-electron chi connectivity index (χ1n) is 4.51. The van der Waals surface area contributed by atoms with Crippen LogP contribution in [0.1, 0.15) is 24.6 Å². The molecule has 3 nitrogen and oxygen atoms in total. The van der Waals surface area contributed by atoms with E-state index in [0.29, 0.717) is 6.54 Å². The predicted octanol–water partition coefficient (Wildman–Crippen LogP) is 1.62. The molecule has 3 heteroatoms. The van der Waals surface area contributed by atoms with Crippen molar-refractivity contribution in [2.24, 2.45) is 5.73 Å². The van der Waals surface area contributed by atoms with Crippen molar-refractivity contribution in [3.05, 3.63) is 29.6 Å². The van der Waals surface area contributed by atoms with Crippen LogP contribution in [0, 0.1) is 6.92 Å². The summed E-state index contributed by atoms with van der Waals surface area (Å²) < 4.78 is 1.94. The number of aryl methyl sites for hydroxylation is 2. The van der Waals surface area contributed by atoms with Crippen molar-refractivity contribution in [3.63, 3.8) is 0 Å². The van der Waals surface area contributed by atoms with Crippen LogP contribution in [0.3, 0.4) is 0 Å². The third-order valence-electron chi connectivity index (χ3n) is 2.04. The maximum atomic E-state index is 5.55. The SMILES string of the molecule is C=C(C)CCn1cc(CN)c(C)n1. The van der Waals surface area contributed by atoms with E-state index in [-0.39, 0.29) is 0 Å². The second kappa shape index (κ2) is 4.23. The number of nitrogens with zero attached hydrogens (tertiary/aromatic N) is 2. The van der Waals surface area contributed by atoms with Crippen molar-refractivity contribution in [2.75, 3.05) is 0 Å². The molecule has 0 unspecified atom stereocenters. The van der Waals surface area contributed by atoms with E-state index >= 15 is 0 Å². The van der Waals surface area contributed by atoms with E-state index in [4.69, 9.17) is 5.73 Å². The summed E-state index contributed by atoms with van der Waals surface area (Å²) in [7, 11) is 0. The lowest BCUT2D eigenvalue weighted by Crippen LogP contribution is -1.99. The minimum absolute atomic E-state index is 0.568. The first-order valence-corrected chi connectivity index (χ1v) is 4.51. The minimum atomic E-state index is 0.568. The van der Waals surface area contributed by atoms with Crippen LogP contribution < -0.4 is 5.73 Å². The highest BCUT2D eigenvalue weighted by molar-refractivity contribution is 5.14. The Morgan fingerprint density at radius 3 is 2.85 bits per heavy atom. The second-order valence-corrected chi connectivity index (χ2v) is 3.41. The Morgan fingerprint density at radius 2 is 2.38 bits per heavy atom. The van der Waals surface area contributed by atoms with Crippen molar-refractivity contribution in [1.29, 1.82) is 0 Å². The molecule has 0 aliphatic heterocycles. The fourth-order valence-electron chi connectivity index (χ4n) is 1.18. The molecule has 1 aromatic rings. The zero-order valence-corrected chi connectivity index (χ0v) is 8.38. The molecular formula is C10H17N3. The van der Waals surface area contributed by atoms with Crippen molar-refractivity contribution in [1.82, 2.24) is 9.78 Å². The van der Waals surface area contributed by atoms with Crippen LogP contribution in [-0.4, -0.2) is 9.78 Å². The lowest BCUT2D eigenvalue weighted by Gasteiger charge is -1.99. The number of hydrogen-bond acceptors (Lipinski definition) is 2. The van der Waals surface area contributed by atoms with Crippen molar-refractivity contribution >= 4 is 0 Å². The van der Waals surface area contributed by atoms with Crippen molar-refractivity contribution in [3.8, 4) is 0 Å². The maximum absolute atomic E-state index is 5.55. The van der Waals surface area contributed by atoms with Gasteiger partial charge in [-0.2, -0.15) is 5.10 Å². The Bertz CT molecular complexity index is 299.